The number of nitrogens with two attached hydrogens (primary N) is 1. The summed E-state index contributed by atoms with van der Waals surface area (Å²) in [7, 11) is 0. The summed E-state index contributed by atoms with van der Waals surface area (Å²) in [5, 5.41) is 9.16. The van der Waals surface area contributed by atoms with Crippen molar-refractivity contribution >= 4 is 17.3 Å². The molecule has 1 aromatic rings. The zero-order valence-electron chi connectivity index (χ0n) is 6.75. The normalized spacial score (nSPS) is 19.5. The highest BCUT2D eigenvalue weighted by Crippen LogP contribution is 2.34. The van der Waals surface area contributed by atoms with Crippen molar-refractivity contribution in [3.05, 3.63) is 28.3 Å². The third kappa shape index (κ3) is 1.46. The Hall–Kier alpha value is -1.24. The molecule has 1 atom stereocenters. The number of nitrogen functional groups attached to an aromatic ring is 1. The molecule has 2 rings (SSSR count). The van der Waals surface area contributed by atoms with E-state index in [4.69, 9.17) is 27.3 Å². The molecule has 1 fully saturated rings. The van der Waals surface area contributed by atoms with Gasteiger partial charge in [-0.15, -0.1) is 0 Å². The summed E-state index contributed by atoms with van der Waals surface area (Å²) in [4.78, 5) is 0. The van der Waals surface area contributed by atoms with Crippen LogP contribution in [0, 0.1) is 11.3 Å². The molecule has 0 spiro atoms. The Bertz CT molecular complexity index is 393. The SMILES string of the molecule is N#Cc1cc(C2CO2)cc(Cl)c1N. The molecule has 66 valence electrons. The van der Waals surface area contributed by atoms with Crippen LogP contribution in [0.5, 0.6) is 0 Å². The van der Waals surface area contributed by atoms with Crippen LogP contribution in [0.15, 0.2) is 12.1 Å². The van der Waals surface area contributed by atoms with Gasteiger partial charge in [0.1, 0.15) is 12.2 Å². The van der Waals surface area contributed by atoms with Crippen molar-refractivity contribution in [1.29, 1.82) is 5.26 Å². The number of hydrogen-bond donors (Lipinski definition) is 1. The van der Waals surface area contributed by atoms with Crippen LogP contribution in [0.25, 0.3) is 0 Å². The van der Waals surface area contributed by atoms with Crippen LogP contribution >= 0.6 is 11.6 Å². The second-order valence-corrected chi connectivity index (χ2v) is 3.30. The number of ether oxygens (including phenoxy) is 1. The Kier molecular flexibility index (Phi) is 1.87. The highest BCUT2D eigenvalue weighted by molar-refractivity contribution is 6.33. The number of epoxide rings is 1. The van der Waals surface area contributed by atoms with Crippen LogP contribution in [0.4, 0.5) is 5.69 Å². The largest absolute Gasteiger partial charge is 0.396 e. The standard InChI is InChI=1S/C9H7ClN2O/c10-7-2-5(8-4-13-8)1-6(3-11)9(7)12/h1-2,8H,4,12H2. The molecule has 1 saturated heterocycles. The van der Waals surface area contributed by atoms with Crippen molar-refractivity contribution in [2.75, 3.05) is 12.3 Å². The molecule has 1 unspecified atom stereocenters. The Labute approximate surface area is 80.7 Å². The molecule has 1 heterocycles. The monoisotopic (exact) mass is 194 g/mol. The van der Waals surface area contributed by atoms with Gasteiger partial charge < -0.3 is 10.5 Å². The Morgan fingerprint density at radius 3 is 2.85 bits per heavy atom. The van der Waals surface area contributed by atoms with Crippen molar-refractivity contribution in [3.63, 3.8) is 0 Å². The van der Waals surface area contributed by atoms with Gasteiger partial charge in [-0.05, 0) is 17.7 Å². The summed E-state index contributed by atoms with van der Waals surface area (Å²) >= 11 is 5.84. The van der Waals surface area contributed by atoms with Crippen molar-refractivity contribution in [2.24, 2.45) is 0 Å². The lowest BCUT2D eigenvalue weighted by atomic mass is 10.1. The lowest BCUT2D eigenvalue weighted by Gasteiger charge is -2.03. The van der Waals surface area contributed by atoms with Crippen molar-refractivity contribution in [3.8, 4) is 6.07 Å². The molecular formula is C9H7ClN2O. The second kappa shape index (κ2) is 2.91. The number of halogens is 1. The lowest BCUT2D eigenvalue weighted by molar-refractivity contribution is 0.415. The Morgan fingerprint density at radius 1 is 1.62 bits per heavy atom. The van der Waals surface area contributed by atoms with Crippen molar-refractivity contribution in [1.82, 2.24) is 0 Å². The fraction of sp³-hybridized carbons (Fsp3) is 0.222. The molecule has 0 aliphatic carbocycles. The van der Waals surface area contributed by atoms with Gasteiger partial charge in [-0.2, -0.15) is 5.26 Å². The van der Waals surface area contributed by atoms with Gasteiger partial charge >= 0.3 is 0 Å². The number of nitriles is 1. The first-order chi connectivity index (χ1) is 6.22. The first kappa shape index (κ1) is 8.36. The van der Waals surface area contributed by atoms with Gasteiger partial charge in [0.15, 0.2) is 0 Å². The first-order valence-corrected chi connectivity index (χ1v) is 4.21. The van der Waals surface area contributed by atoms with E-state index in [9.17, 15) is 0 Å². The second-order valence-electron chi connectivity index (χ2n) is 2.90. The van der Waals surface area contributed by atoms with Crippen LogP contribution in [-0.4, -0.2) is 6.61 Å². The topological polar surface area (TPSA) is 62.3 Å². The van der Waals surface area contributed by atoms with E-state index in [1.807, 2.05) is 6.07 Å². The van der Waals surface area contributed by atoms with Gasteiger partial charge in [0.25, 0.3) is 0 Å². The molecule has 0 amide bonds. The highest BCUT2D eigenvalue weighted by atomic mass is 35.5. The van der Waals surface area contributed by atoms with Gasteiger partial charge in [0, 0.05) is 0 Å². The molecule has 4 heteroatoms. The third-order valence-corrected chi connectivity index (χ3v) is 2.29. The van der Waals surface area contributed by atoms with Crippen molar-refractivity contribution < 1.29 is 4.74 Å². The van der Waals surface area contributed by atoms with Crippen molar-refractivity contribution in [2.45, 2.75) is 6.10 Å². The molecule has 1 aromatic carbocycles. The molecule has 1 aliphatic rings. The lowest BCUT2D eigenvalue weighted by Crippen LogP contribution is -1.94. The summed E-state index contributed by atoms with van der Waals surface area (Å²) < 4.78 is 5.08. The molecule has 0 bridgehead atoms. The van der Waals surface area contributed by atoms with E-state index in [-0.39, 0.29) is 6.10 Å². The maximum atomic E-state index is 8.74. The summed E-state index contributed by atoms with van der Waals surface area (Å²) in [6, 6.07) is 5.46. The van der Waals surface area contributed by atoms with E-state index >= 15 is 0 Å². The zero-order chi connectivity index (χ0) is 9.42. The molecule has 3 nitrogen and oxygen atoms in total. The molecule has 0 saturated carbocycles. The average molecular weight is 195 g/mol. The van der Waals surface area contributed by atoms with Gasteiger partial charge in [-0.25, -0.2) is 0 Å². The van der Waals surface area contributed by atoms with E-state index in [0.717, 1.165) is 5.56 Å². The van der Waals surface area contributed by atoms with E-state index in [1.54, 1.807) is 12.1 Å². The number of nitrogens with zero attached hydrogens (tertiary/aromatic N) is 1. The summed E-state index contributed by atoms with van der Waals surface area (Å²) in [6.07, 6.45) is 0.102. The number of benzene rings is 1. The smallest absolute Gasteiger partial charge is 0.106 e. The third-order valence-electron chi connectivity index (χ3n) is 1.98. The van der Waals surface area contributed by atoms with Crippen LogP contribution < -0.4 is 5.73 Å². The van der Waals surface area contributed by atoms with E-state index < -0.39 is 0 Å². The quantitative estimate of drug-likeness (QED) is 0.548. The molecule has 0 radical (unpaired) electrons. The highest BCUT2D eigenvalue weighted by Gasteiger charge is 2.26. The summed E-state index contributed by atoms with van der Waals surface area (Å²) in [5.74, 6) is 0. The van der Waals surface area contributed by atoms with Gasteiger partial charge in [-0.3, -0.25) is 0 Å². The minimum Gasteiger partial charge on any atom is -0.396 e. The van der Waals surface area contributed by atoms with Gasteiger partial charge in [0.2, 0.25) is 0 Å². The molecule has 0 aromatic heterocycles. The fourth-order valence-corrected chi connectivity index (χ4v) is 1.39. The summed E-state index contributed by atoms with van der Waals surface area (Å²) in [6.45, 7) is 0.700. The van der Waals surface area contributed by atoms with Crippen LogP contribution in [0.2, 0.25) is 5.02 Å². The van der Waals surface area contributed by atoms with Gasteiger partial charge in [-0.1, -0.05) is 11.6 Å². The molecular weight excluding hydrogens is 188 g/mol. The minimum absolute atomic E-state index is 0.102. The van der Waals surface area contributed by atoms with Crippen LogP contribution in [0.3, 0.4) is 0 Å². The van der Waals surface area contributed by atoms with E-state index in [0.29, 0.717) is 22.9 Å². The Morgan fingerprint density at radius 2 is 2.31 bits per heavy atom. The van der Waals surface area contributed by atoms with E-state index in [2.05, 4.69) is 0 Å². The number of rotatable bonds is 1. The predicted octanol–water partition coefficient (Wildman–Crippen LogP) is 1.87. The maximum Gasteiger partial charge on any atom is 0.106 e. The van der Waals surface area contributed by atoms with Crippen LogP contribution in [-0.2, 0) is 4.74 Å². The number of hydrogen-bond acceptors (Lipinski definition) is 3. The van der Waals surface area contributed by atoms with Crippen LogP contribution in [0.1, 0.15) is 17.2 Å². The minimum atomic E-state index is 0.102. The maximum absolute atomic E-state index is 8.74. The Balaban J connectivity index is 2.51. The molecule has 2 N–H and O–H groups in total. The molecule has 1 aliphatic heterocycles. The number of anilines is 1. The average Bonchev–Trinajstić information content (AvgIpc) is 2.92. The predicted molar refractivity (Wildman–Crippen MR) is 49.3 cm³/mol. The summed E-state index contributed by atoms with van der Waals surface area (Å²) in [5.41, 5.74) is 7.27. The molecule has 13 heavy (non-hydrogen) atoms. The zero-order valence-corrected chi connectivity index (χ0v) is 7.51. The van der Waals surface area contributed by atoms with E-state index in [1.165, 1.54) is 0 Å². The fourth-order valence-electron chi connectivity index (χ4n) is 1.16. The van der Waals surface area contributed by atoms with Gasteiger partial charge in [0.05, 0.1) is 22.9 Å². The first-order valence-electron chi connectivity index (χ1n) is 3.83.